The van der Waals surface area contributed by atoms with Gasteiger partial charge in [0.05, 0.1) is 18.1 Å². The van der Waals surface area contributed by atoms with Crippen molar-refractivity contribution in [2.24, 2.45) is 0 Å². The zero-order valence-electron chi connectivity index (χ0n) is 14.5. The molecule has 2 rings (SSSR count). The number of methoxy groups -OCH3 is 1. The third-order valence-corrected chi connectivity index (χ3v) is 3.91. The Labute approximate surface area is 147 Å². The molecule has 132 valence electrons. The fourth-order valence-electron chi connectivity index (χ4n) is 2.79. The Hall–Kier alpha value is -2.66. The number of carbonyl (C=O) groups is 2. The molecule has 0 aromatic heterocycles. The number of hydrogen-bond acceptors (Lipinski definition) is 3. The second-order valence-electron chi connectivity index (χ2n) is 5.90. The fourth-order valence-corrected chi connectivity index (χ4v) is 2.79. The van der Waals surface area contributed by atoms with E-state index in [-0.39, 0.29) is 24.0 Å². The first-order chi connectivity index (χ1) is 12.0. The molecule has 0 saturated carbocycles. The maximum absolute atomic E-state index is 12.8. The molecule has 0 aliphatic rings. The van der Waals surface area contributed by atoms with Crippen LogP contribution in [0.1, 0.15) is 47.2 Å². The minimum Gasteiger partial charge on any atom is -0.478 e. The first-order valence-electron chi connectivity index (χ1n) is 8.27. The van der Waals surface area contributed by atoms with Gasteiger partial charge >= 0.3 is 5.97 Å². The molecule has 25 heavy (non-hydrogen) atoms. The Morgan fingerprint density at radius 3 is 2.48 bits per heavy atom. The SMILES string of the molecule is CCCC(C(=O)Nc1cc(COC)cc(C(=O)O)c1)c1ccccc1. The van der Waals surface area contributed by atoms with Crippen molar-refractivity contribution in [1.82, 2.24) is 0 Å². The lowest BCUT2D eigenvalue weighted by molar-refractivity contribution is -0.117. The van der Waals surface area contributed by atoms with Gasteiger partial charge in [-0.25, -0.2) is 4.79 Å². The largest absolute Gasteiger partial charge is 0.478 e. The molecule has 0 radical (unpaired) electrons. The fraction of sp³-hybridized carbons (Fsp3) is 0.300. The van der Waals surface area contributed by atoms with Crippen molar-refractivity contribution in [2.75, 3.05) is 12.4 Å². The van der Waals surface area contributed by atoms with Crippen molar-refractivity contribution in [3.63, 3.8) is 0 Å². The van der Waals surface area contributed by atoms with E-state index in [9.17, 15) is 14.7 Å². The molecular formula is C20H23NO4. The summed E-state index contributed by atoms with van der Waals surface area (Å²) in [4.78, 5) is 24.1. The van der Waals surface area contributed by atoms with Crippen molar-refractivity contribution >= 4 is 17.6 Å². The van der Waals surface area contributed by atoms with Crippen LogP contribution in [0.5, 0.6) is 0 Å². The standard InChI is InChI=1S/C20H23NO4/c1-3-7-18(15-8-5-4-6-9-15)19(22)21-17-11-14(13-25-2)10-16(12-17)20(23)24/h4-6,8-12,18H,3,7,13H2,1-2H3,(H,21,22)(H,23,24). The zero-order valence-corrected chi connectivity index (χ0v) is 14.5. The molecule has 5 nitrogen and oxygen atoms in total. The Morgan fingerprint density at radius 2 is 1.88 bits per heavy atom. The minimum atomic E-state index is -1.04. The van der Waals surface area contributed by atoms with E-state index >= 15 is 0 Å². The molecule has 5 heteroatoms. The summed E-state index contributed by atoms with van der Waals surface area (Å²) in [6.07, 6.45) is 1.59. The summed E-state index contributed by atoms with van der Waals surface area (Å²) in [5.41, 5.74) is 2.24. The van der Waals surface area contributed by atoms with Gasteiger partial charge in [0, 0.05) is 12.8 Å². The zero-order chi connectivity index (χ0) is 18.2. The number of carbonyl (C=O) groups excluding carboxylic acids is 1. The summed E-state index contributed by atoms with van der Waals surface area (Å²) >= 11 is 0. The van der Waals surface area contributed by atoms with Gasteiger partial charge in [0.1, 0.15) is 0 Å². The molecule has 0 aliphatic heterocycles. The van der Waals surface area contributed by atoms with Gasteiger partial charge in [0.25, 0.3) is 0 Å². The van der Waals surface area contributed by atoms with Crippen LogP contribution in [0.25, 0.3) is 0 Å². The molecule has 2 aromatic rings. The number of hydrogen-bond donors (Lipinski definition) is 2. The van der Waals surface area contributed by atoms with Gasteiger partial charge in [-0.15, -0.1) is 0 Å². The van der Waals surface area contributed by atoms with E-state index in [1.807, 2.05) is 37.3 Å². The van der Waals surface area contributed by atoms with Crippen LogP contribution in [0.15, 0.2) is 48.5 Å². The Kier molecular flexibility index (Phi) is 6.71. The highest BCUT2D eigenvalue weighted by molar-refractivity contribution is 5.97. The normalized spacial score (nSPS) is 11.8. The minimum absolute atomic E-state index is 0.122. The number of carboxylic acids is 1. The molecular weight excluding hydrogens is 318 g/mol. The molecule has 2 N–H and O–H groups in total. The predicted molar refractivity (Wildman–Crippen MR) is 96.8 cm³/mol. The van der Waals surface area contributed by atoms with Crippen molar-refractivity contribution in [3.8, 4) is 0 Å². The molecule has 1 atom stereocenters. The monoisotopic (exact) mass is 341 g/mol. The Bertz CT molecular complexity index is 728. The van der Waals surface area contributed by atoms with Gasteiger partial charge in [0.2, 0.25) is 5.91 Å². The molecule has 2 aromatic carbocycles. The van der Waals surface area contributed by atoms with Crippen LogP contribution in [-0.4, -0.2) is 24.1 Å². The van der Waals surface area contributed by atoms with Crippen molar-refractivity contribution in [2.45, 2.75) is 32.3 Å². The number of aromatic carboxylic acids is 1. The number of carboxylic acid groups (broad SMARTS) is 1. The van der Waals surface area contributed by atoms with Crippen molar-refractivity contribution < 1.29 is 19.4 Å². The van der Waals surface area contributed by atoms with Crippen LogP contribution in [0.2, 0.25) is 0 Å². The Morgan fingerprint density at radius 1 is 1.16 bits per heavy atom. The molecule has 1 amide bonds. The van der Waals surface area contributed by atoms with E-state index < -0.39 is 5.97 Å². The van der Waals surface area contributed by atoms with Crippen molar-refractivity contribution in [1.29, 1.82) is 0 Å². The third kappa shape index (κ3) is 5.16. The maximum atomic E-state index is 12.8. The van der Waals surface area contributed by atoms with E-state index in [1.54, 1.807) is 19.2 Å². The predicted octanol–water partition coefficient (Wildman–Crippen LogP) is 4.05. The van der Waals surface area contributed by atoms with Gasteiger partial charge in [-0.05, 0) is 35.7 Å². The molecule has 1 unspecified atom stereocenters. The van der Waals surface area contributed by atoms with Gasteiger partial charge in [0.15, 0.2) is 0 Å². The lowest BCUT2D eigenvalue weighted by Gasteiger charge is -2.17. The number of rotatable bonds is 8. The quantitative estimate of drug-likeness (QED) is 0.759. The van der Waals surface area contributed by atoms with Crippen LogP contribution in [0.4, 0.5) is 5.69 Å². The van der Waals surface area contributed by atoms with E-state index in [0.717, 1.165) is 18.4 Å². The van der Waals surface area contributed by atoms with Crippen molar-refractivity contribution in [3.05, 3.63) is 65.2 Å². The van der Waals surface area contributed by atoms with E-state index in [4.69, 9.17) is 4.74 Å². The Balaban J connectivity index is 2.26. The molecule has 0 aliphatic carbocycles. The summed E-state index contributed by atoms with van der Waals surface area (Å²) in [5.74, 6) is -1.45. The molecule has 0 saturated heterocycles. The van der Waals surface area contributed by atoms with E-state index in [2.05, 4.69) is 5.32 Å². The summed E-state index contributed by atoms with van der Waals surface area (Å²) in [7, 11) is 1.54. The molecule has 0 spiro atoms. The summed E-state index contributed by atoms with van der Waals surface area (Å²) in [6.45, 7) is 2.31. The second kappa shape index (κ2) is 8.99. The van der Waals surface area contributed by atoms with Crippen LogP contribution >= 0.6 is 0 Å². The lowest BCUT2D eigenvalue weighted by atomic mass is 9.93. The van der Waals surface area contributed by atoms with Gasteiger partial charge < -0.3 is 15.2 Å². The molecule has 0 heterocycles. The number of benzene rings is 2. The number of amides is 1. The van der Waals surface area contributed by atoms with Crippen LogP contribution in [0.3, 0.4) is 0 Å². The molecule has 0 bridgehead atoms. The smallest absolute Gasteiger partial charge is 0.335 e. The highest BCUT2D eigenvalue weighted by Crippen LogP contribution is 2.24. The summed E-state index contributed by atoms with van der Waals surface area (Å²) < 4.78 is 5.07. The first kappa shape index (κ1) is 18.7. The first-order valence-corrected chi connectivity index (χ1v) is 8.27. The van der Waals surface area contributed by atoms with Crippen LogP contribution in [-0.2, 0) is 16.1 Å². The topological polar surface area (TPSA) is 75.6 Å². The summed E-state index contributed by atoms with van der Waals surface area (Å²) in [5, 5.41) is 12.1. The third-order valence-electron chi connectivity index (χ3n) is 3.91. The van der Waals surface area contributed by atoms with E-state index in [0.29, 0.717) is 11.3 Å². The van der Waals surface area contributed by atoms with E-state index in [1.165, 1.54) is 6.07 Å². The molecule has 0 fully saturated rings. The average Bonchev–Trinajstić information content (AvgIpc) is 2.60. The number of anilines is 1. The van der Waals surface area contributed by atoms with Gasteiger partial charge in [-0.3, -0.25) is 4.79 Å². The second-order valence-corrected chi connectivity index (χ2v) is 5.90. The van der Waals surface area contributed by atoms with Gasteiger partial charge in [-0.2, -0.15) is 0 Å². The highest BCUT2D eigenvalue weighted by atomic mass is 16.5. The average molecular weight is 341 g/mol. The summed E-state index contributed by atoms with van der Waals surface area (Å²) in [6, 6.07) is 14.4. The van der Waals surface area contributed by atoms with Crippen LogP contribution < -0.4 is 5.32 Å². The van der Waals surface area contributed by atoms with Crippen LogP contribution in [0, 0.1) is 0 Å². The number of ether oxygens (including phenoxy) is 1. The van der Waals surface area contributed by atoms with Gasteiger partial charge in [-0.1, -0.05) is 43.7 Å². The lowest BCUT2D eigenvalue weighted by Crippen LogP contribution is -2.21. The maximum Gasteiger partial charge on any atom is 0.335 e. The highest BCUT2D eigenvalue weighted by Gasteiger charge is 2.20. The number of nitrogens with one attached hydrogen (secondary N) is 1.